The summed E-state index contributed by atoms with van der Waals surface area (Å²) in [5, 5.41) is 14.5. The van der Waals surface area contributed by atoms with Gasteiger partial charge in [-0.05, 0) is 34.7 Å². The molecule has 0 unspecified atom stereocenters. The summed E-state index contributed by atoms with van der Waals surface area (Å²) in [6.07, 6.45) is -0.598. The van der Waals surface area contributed by atoms with Crippen LogP contribution in [0.1, 0.15) is 29.5 Å². The fourth-order valence-electron chi connectivity index (χ4n) is 4.23. The number of rotatable bonds is 8. The number of fused-ring (bicyclic) bond motifs is 3. The first-order chi connectivity index (χ1) is 16.4. The maximum Gasteiger partial charge on any atom is 0.407 e. The lowest BCUT2D eigenvalue weighted by Gasteiger charge is -2.19. The molecule has 1 aliphatic carbocycles. The molecule has 0 radical (unpaired) electrons. The molecule has 0 aromatic heterocycles. The van der Waals surface area contributed by atoms with Crippen molar-refractivity contribution < 1.29 is 24.2 Å². The van der Waals surface area contributed by atoms with Crippen LogP contribution in [-0.2, 0) is 20.7 Å². The third-order valence-corrected chi connectivity index (χ3v) is 5.97. The van der Waals surface area contributed by atoms with Gasteiger partial charge in [-0.2, -0.15) is 0 Å². The van der Waals surface area contributed by atoms with Crippen molar-refractivity contribution in [1.29, 1.82) is 0 Å². The Morgan fingerprint density at radius 3 is 2.00 bits per heavy atom. The molecule has 0 saturated heterocycles. The number of carboxylic acid groups (broad SMARTS) is 1. The second-order valence-electron chi connectivity index (χ2n) is 8.28. The number of aliphatic carboxylic acids is 1. The number of hydrogen-bond acceptors (Lipinski definition) is 4. The molecular formula is C27H26N2O5. The van der Waals surface area contributed by atoms with E-state index in [1.807, 2.05) is 42.5 Å². The zero-order chi connectivity index (χ0) is 24.1. The second-order valence-corrected chi connectivity index (χ2v) is 8.28. The van der Waals surface area contributed by atoms with E-state index in [0.717, 1.165) is 27.8 Å². The Morgan fingerprint density at radius 1 is 0.853 bits per heavy atom. The number of hydrogen-bond donors (Lipinski definition) is 3. The Morgan fingerprint density at radius 2 is 1.41 bits per heavy atom. The summed E-state index contributed by atoms with van der Waals surface area (Å²) >= 11 is 0. The lowest BCUT2D eigenvalue weighted by molar-refractivity contribution is -0.142. The highest BCUT2D eigenvalue weighted by atomic mass is 16.5. The van der Waals surface area contributed by atoms with Gasteiger partial charge in [-0.15, -0.1) is 0 Å². The molecule has 2 atom stereocenters. The van der Waals surface area contributed by atoms with Crippen molar-refractivity contribution in [2.24, 2.45) is 0 Å². The van der Waals surface area contributed by atoms with Crippen molar-refractivity contribution in [3.05, 3.63) is 95.6 Å². The van der Waals surface area contributed by atoms with E-state index in [4.69, 9.17) is 4.74 Å². The molecule has 7 heteroatoms. The van der Waals surface area contributed by atoms with E-state index in [-0.39, 0.29) is 18.9 Å². The van der Waals surface area contributed by atoms with E-state index in [2.05, 4.69) is 22.8 Å². The number of carbonyl (C=O) groups excluding carboxylic acids is 2. The lowest BCUT2D eigenvalue weighted by Crippen LogP contribution is -2.51. The van der Waals surface area contributed by atoms with Gasteiger partial charge in [-0.3, -0.25) is 4.79 Å². The second kappa shape index (κ2) is 10.2. The van der Waals surface area contributed by atoms with Crippen LogP contribution in [0.4, 0.5) is 4.79 Å². The van der Waals surface area contributed by atoms with Crippen molar-refractivity contribution in [3.8, 4) is 11.1 Å². The molecule has 0 bridgehead atoms. The van der Waals surface area contributed by atoms with Gasteiger partial charge in [-0.1, -0.05) is 78.9 Å². The van der Waals surface area contributed by atoms with Crippen molar-refractivity contribution in [2.75, 3.05) is 6.61 Å². The van der Waals surface area contributed by atoms with E-state index in [1.54, 1.807) is 24.3 Å². The number of benzene rings is 3. The fraction of sp³-hybridized carbons (Fsp3) is 0.222. The normalized spacial score (nSPS) is 13.8. The summed E-state index contributed by atoms with van der Waals surface area (Å²) in [4.78, 5) is 36.6. The molecule has 1 aliphatic rings. The molecule has 0 aliphatic heterocycles. The predicted molar refractivity (Wildman–Crippen MR) is 127 cm³/mol. The third-order valence-electron chi connectivity index (χ3n) is 5.97. The summed E-state index contributed by atoms with van der Waals surface area (Å²) in [7, 11) is 0. The van der Waals surface area contributed by atoms with Gasteiger partial charge in [0.25, 0.3) is 0 Å². The van der Waals surface area contributed by atoms with E-state index in [0.29, 0.717) is 0 Å². The first kappa shape index (κ1) is 23.0. The van der Waals surface area contributed by atoms with Crippen molar-refractivity contribution >= 4 is 18.0 Å². The Kier molecular flexibility index (Phi) is 6.92. The zero-order valence-electron chi connectivity index (χ0n) is 18.7. The smallest absolute Gasteiger partial charge is 0.407 e. The minimum atomic E-state index is -1.15. The van der Waals surface area contributed by atoms with E-state index >= 15 is 0 Å². The van der Waals surface area contributed by atoms with Gasteiger partial charge < -0.3 is 20.5 Å². The largest absolute Gasteiger partial charge is 0.480 e. The minimum Gasteiger partial charge on any atom is -0.480 e. The quantitative estimate of drug-likeness (QED) is 0.477. The van der Waals surface area contributed by atoms with E-state index in [9.17, 15) is 19.5 Å². The Hall–Kier alpha value is -4.13. The van der Waals surface area contributed by atoms with Gasteiger partial charge in [-0.25, -0.2) is 9.59 Å². The van der Waals surface area contributed by atoms with Crippen molar-refractivity contribution in [1.82, 2.24) is 10.6 Å². The molecular weight excluding hydrogens is 432 g/mol. The standard InChI is InChI=1S/C27H26N2O5/c1-17(25(30)29-24(26(31)32)15-18-9-3-2-4-10-18)28-27(33)34-16-23-21-13-7-5-11-19(21)20-12-6-8-14-22(20)23/h2-14,17,23-24H,15-16H2,1H3,(H,28,33)(H,29,30)(H,31,32)/t17-,24+/m0/s1. The molecule has 0 fully saturated rings. The molecule has 0 spiro atoms. The Labute approximate surface area is 197 Å². The number of amides is 2. The van der Waals surface area contributed by atoms with Gasteiger partial charge in [0, 0.05) is 12.3 Å². The van der Waals surface area contributed by atoms with Crippen LogP contribution in [0.3, 0.4) is 0 Å². The van der Waals surface area contributed by atoms with Crippen LogP contribution in [0.25, 0.3) is 11.1 Å². The first-order valence-electron chi connectivity index (χ1n) is 11.1. The molecule has 2 amide bonds. The molecule has 0 heterocycles. The van der Waals surface area contributed by atoms with Crippen molar-refractivity contribution in [2.45, 2.75) is 31.3 Å². The molecule has 0 saturated carbocycles. The van der Waals surface area contributed by atoms with Crippen LogP contribution in [0.5, 0.6) is 0 Å². The third kappa shape index (κ3) is 5.09. The average molecular weight is 459 g/mol. The molecule has 174 valence electrons. The highest BCUT2D eigenvalue weighted by Crippen LogP contribution is 2.44. The van der Waals surface area contributed by atoms with Gasteiger partial charge in [0.15, 0.2) is 0 Å². The highest BCUT2D eigenvalue weighted by molar-refractivity contribution is 5.89. The van der Waals surface area contributed by atoms with E-state index < -0.39 is 30.1 Å². The van der Waals surface area contributed by atoms with E-state index in [1.165, 1.54) is 6.92 Å². The molecule has 3 aromatic rings. The number of nitrogens with one attached hydrogen (secondary N) is 2. The molecule has 3 aromatic carbocycles. The molecule has 7 nitrogen and oxygen atoms in total. The van der Waals surface area contributed by atoms with Gasteiger partial charge >= 0.3 is 12.1 Å². The van der Waals surface area contributed by atoms with Crippen LogP contribution < -0.4 is 10.6 Å². The van der Waals surface area contributed by atoms with Gasteiger partial charge in [0.05, 0.1) is 0 Å². The molecule has 3 N–H and O–H groups in total. The Bertz CT molecular complexity index is 1150. The summed E-state index contributed by atoms with van der Waals surface area (Å²) in [5.74, 6) is -1.84. The maximum atomic E-state index is 12.5. The summed E-state index contributed by atoms with van der Waals surface area (Å²) in [6.45, 7) is 1.61. The lowest BCUT2D eigenvalue weighted by atomic mass is 9.98. The minimum absolute atomic E-state index is 0.0930. The zero-order valence-corrected chi connectivity index (χ0v) is 18.7. The highest BCUT2D eigenvalue weighted by Gasteiger charge is 2.30. The molecule has 34 heavy (non-hydrogen) atoms. The monoisotopic (exact) mass is 458 g/mol. The summed E-state index contributed by atoms with van der Waals surface area (Å²) < 4.78 is 5.46. The predicted octanol–water partition coefficient (Wildman–Crippen LogP) is 3.73. The van der Waals surface area contributed by atoms with Crippen LogP contribution >= 0.6 is 0 Å². The first-order valence-corrected chi connectivity index (χ1v) is 11.1. The topological polar surface area (TPSA) is 105 Å². The van der Waals surface area contributed by atoms with Crippen LogP contribution in [-0.4, -0.2) is 41.8 Å². The SMILES string of the molecule is C[C@H](NC(=O)OCC1c2ccccc2-c2ccccc21)C(=O)N[C@H](Cc1ccccc1)C(=O)O. The number of ether oxygens (including phenoxy) is 1. The van der Waals surface area contributed by atoms with Crippen LogP contribution in [0, 0.1) is 0 Å². The number of carboxylic acids is 1. The summed E-state index contributed by atoms with van der Waals surface area (Å²) in [5.41, 5.74) is 5.21. The maximum absolute atomic E-state index is 12.5. The van der Waals surface area contributed by atoms with Gasteiger partial charge in [0.2, 0.25) is 5.91 Å². The Balaban J connectivity index is 1.33. The number of alkyl carbamates (subject to hydrolysis) is 1. The van der Waals surface area contributed by atoms with Crippen LogP contribution in [0.2, 0.25) is 0 Å². The fourth-order valence-corrected chi connectivity index (χ4v) is 4.23. The number of carbonyl (C=O) groups is 3. The van der Waals surface area contributed by atoms with Crippen molar-refractivity contribution in [3.63, 3.8) is 0 Å². The van der Waals surface area contributed by atoms with Gasteiger partial charge in [0.1, 0.15) is 18.7 Å². The molecule has 4 rings (SSSR count). The average Bonchev–Trinajstić information content (AvgIpc) is 3.16. The summed E-state index contributed by atoms with van der Waals surface area (Å²) in [6, 6.07) is 23.0. The van der Waals surface area contributed by atoms with Crippen LogP contribution in [0.15, 0.2) is 78.9 Å².